The number of likely N-dealkylation sites (N-methyl/N-ethyl adjacent to an activating group) is 2. The smallest absolute Gasteiger partial charge is 0.296 e. The molecular formula is C81H108F3N7O7S4. The minimum atomic E-state index is -3.54. The molecule has 14 nitrogen and oxygen atoms in total. The molecule has 102 heavy (non-hydrogen) atoms. The lowest BCUT2D eigenvalue weighted by Crippen LogP contribution is -2.39. The minimum Gasteiger partial charge on any atom is -0.354 e. The summed E-state index contributed by atoms with van der Waals surface area (Å²) in [4.78, 5) is 63.4. The number of benzene rings is 7. The molecule has 3 aliphatic heterocycles. The number of aromatic nitrogens is 2. The maximum Gasteiger partial charge on any atom is 0.296 e. The van der Waals surface area contributed by atoms with E-state index in [4.69, 9.17) is 10.0 Å². The number of nitrogens with two attached hydrogens (primary N) is 1. The number of aromatic amines is 1. The fourth-order valence-electron chi connectivity index (χ4n) is 11.2. The summed E-state index contributed by atoms with van der Waals surface area (Å²) in [7, 11) is -3.54. The zero-order valence-corrected chi connectivity index (χ0v) is 65.5. The standard InChI is InChI=1S/C22H23FN2OS.C20H20N2OS.C14H17NO2S.C10H14O3S.C6H8N2.C3H7F.3C2H6.FH/c1-3-24(4-2)22(26)21-19-15-9-5-7-11-17(15)25(14-13-23)20(19)16-10-6-8-12-18(16)27-21;1-3-22(4-2)20(23)19-17-13-9-5-7-11-15(13)21-18(17)14-10-6-8-12-16(14)24-19;1-3-15(4-2)14(17)13-9-11(16)10-7-5-6-8-12(10)18-13;1-3-8-13-14(11,12)10-6-4-9(2)5-7-10;7-8-6-4-2-1-3-5-6;1-2-3-4;3*1-2;/h5-12,21H,3-4,13-14H2,1-2H3;5-12,19,21H,3-4H2,1-2H3;5-8,13H,3-4,9H2,1-2H3;4-7H,3,8H2,1-2H3;1-5,8H,7H2;2-3H2,1H3;3*1-2H3;1H/i23-1;;;;;4-1;;;;1-1. The summed E-state index contributed by atoms with van der Waals surface area (Å²) in [5, 5.41) is 1.45. The molecule has 0 saturated carbocycles. The molecule has 554 valence electrons. The maximum atomic E-state index is 13.4. The van der Waals surface area contributed by atoms with Gasteiger partial charge in [0.05, 0.1) is 41.4 Å². The molecule has 2 aromatic heterocycles. The van der Waals surface area contributed by atoms with Crippen molar-refractivity contribution in [2.75, 3.05) is 64.7 Å². The predicted octanol–water partition coefficient (Wildman–Crippen LogP) is 20.4. The molecule has 12 rings (SSSR count). The Morgan fingerprint density at radius 2 is 0.990 bits per heavy atom. The van der Waals surface area contributed by atoms with Crippen LogP contribution in [-0.2, 0) is 35.2 Å². The molecule has 3 amide bonds. The first-order chi connectivity index (χ1) is 49.0. The van der Waals surface area contributed by atoms with Crippen LogP contribution in [0, 0.1) is 6.92 Å². The summed E-state index contributed by atoms with van der Waals surface area (Å²) < 4.78 is 53.9. The van der Waals surface area contributed by atoms with E-state index in [1.165, 1.54) is 22.2 Å². The van der Waals surface area contributed by atoms with Crippen LogP contribution in [0.4, 0.5) is 19.2 Å². The number of nitrogen functional groups attached to an aromatic ring is 1. The normalized spacial score (nSPS) is 13.8. The Hall–Kier alpha value is -7.79. The summed E-state index contributed by atoms with van der Waals surface area (Å²) in [5.74, 6) is 5.58. The van der Waals surface area contributed by atoms with Crippen molar-refractivity contribution in [2.24, 2.45) is 5.84 Å². The average Bonchev–Trinajstić information content (AvgIpc) is 1.57. The van der Waals surface area contributed by atoms with Gasteiger partial charge in [0.25, 0.3) is 10.1 Å². The van der Waals surface area contributed by atoms with Crippen molar-refractivity contribution >= 4 is 96.4 Å². The summed E-state index contributed by atoms with van der Waals surface area (Å²) >= 11 is 4.81. The second-order valence-corrected chi connectivity index (χ2v) is 27.3. The van der Waals surface area contributed by atoms with Crippen molar-refractivity contribution in [1.29, 1.82) is 0 Å². The van der Waals surface area contributed by atoms with E-state index >= 15 is 0 Å². The lowest BCUT2D eigenvalue weighted by Gasteiger charge is -2.29. The Balaban J connectivity index is 0.000000332. The summed E-state index contributed by atoms with van der Waals surface area (Å²) in [6, 6.07) is 56.5. The molecule has 0 aliphatic carbocycles. The van der Waals surface area contributed by atoms with E-state index in [1.54, 1.807) is 59.6 Å². The van der Waals surface area contributed by atoms with E-state index < -0.39 is 16.8 Å². The van der Waals surface area contributed by atoms with Gasteiger partial charge >= 0.3 is 0 Å². The first-order valence-electron chi connectivity index (χ1n) is 35.5. The fourth-order valence-corrected chi connectivity index (χ4v) is 16.0. The SMILES string of the molecule is CC.CC.CC.CCCOS(=O)(=O)c1ccc(C)cc1.CCC[18F].CCN(CC)C(=O)C1CC(=O)c2ccccc2S1.CCN(CC)C(=O)C1Sc2ccccc2-c2[nH]c3ccccc3c21.CCN(CC)C(=O)C1Sc2ccccc2-c2c1c1ccccc1n2CC[18F].NNc1ccccc1.[18FH]. The third-order valence-electron chi connectivity index (χ3n) is 16.0. The van der Waals surface area contributed by atoms with Gasteiger partial charge in [-0.05, 0) is 116 Å². The van der Waals surface area contributed by atoms with Gasteiger partial charge in [0.1, 0.15) is 17.2 Å². The van der Waals surface area contributed by atoms with E-state index in [2.05, 4.69) is 58.9 Å². The number of rotatable bonds is 17. The van der Waals surface area contributed by atoms with Gasteiger partial charge in [-0.15, -0.1) is 35.3 Å². The third kappa shape index (κ3) is 23.1. The van der Waals surface area contributed by atoms with Crippen molar-refractivity contribution in [3.05, 3.63) is 198 Å². The molecule has 0 bridgehead atoms. The number of carbonyl (C=O) groups is 4. The van der Waals surface area contributed by atoms with Crippen LogP contribution in [0.1, 0.15) is 154 Å². The largest absolute Gasteiger partial charge is 0.354 e. The highest BCUT2D eigenvalue weighted by Crippen LogP contribution is 2.54. The maximum absolute atomic E-state index is 13.4. The van der Waals surface area contributed by atoms with Gasteiger partial charge in [0.2, 0.25) is 17.7 Å². The minimum absolute atomic E-state index is 0. The van der Waals surface area contributed by atoms with Gasteiger partial charge in [-0.25, -0.2) is 4.39 Å². The first kappa shape index (κ1) is 88.4. The molecular weight excluding hydrogens is 1370 g/mol. The number of hydrazine groups is 1. The molecule has 0 radical (unpaired) electrons. The van der Waals surface area contributed by atoms with Crippen LogP contribution in [0.5, 0.6) is 0 Å². The molecule has 3 unspecified atom stereocenters. The zero-order valence-electron chi connectivity index (χ0n) is 62.2. The van der Waals surface area contributed by atoms with Crippen LogP contribution in [0.2, 0.25) is 0 Å². The number of hydrogen-bond donors (Lipinski definition) is 3. The van der Waals surface area contributed by atoms with E-state index in [1.807, 2.05) is 214 Å². The van der Waals surface area contributed by atoms with Crippen molar-refractivity contribution in [2.45, 2.75) is 165 Å². The highest BCUT2D eigenvalue weighted by Gasteiger charge is 2.38. The van der Waals surface area contributed by atoms with Crippen LogP contribution >= 0.6 is 35.3 Å². The number of nitrogens with one attached hydrogen (secondary N) is 2. The molecule has 0 fully saturated rings. The lowest BCUT2D eigenvalue weighted by molar-refractivity contribution is -0.131. The quantitative estimate of drug-likeness (QED) is 0.0447. The monoisotopic (exact) mass is 1470 g/mol. The third-order valence-corrected chi connectivity index (χ3v) is 21.2. The number of anilines is 1. The van der Waals surface area contributed by atoms with Crippen LogP contribution < -0.4 is 11.3 Å². The van der Waals surface area contributed by atoms with Gasteiger partial charge in [-0.2, -0.15) is 8.42 Å². The number of halogens is 3. The second-order valence-electron chi connectivity index (χ2n) is 22.1. The van der Waals surface area contributed by atoms with Crippen molar-refractivity contribution in [3.8, 4) is 22.5 Å². The van der Waals surface area contributed by atoms with E-state index in [-0.39, 0.29) is 62.1 Å². The number of nitrogens with zero attached hydrogens (tertiary/aromatic N) is 4. The van der Waals surface area contributed by atoms with E-state index in [0.717, 1.165) is 89.6 Å². The van der Waals surface area contributed by atoms with Crippen LogP contribution in [0.3, 0.4) is 0 Å². The van der Waals surface area contributed by atoms with Crippen molar-refractivity contribution < 1.29 is 45.3 Å². The van der Waals surface area contributed by atoms with Crippen LogP contribution in [0.15, 0.2) is 196 Å². The Labute approximate surface area is 618 Å². The molecule has 5 heterocycles. The molecule has 3 aliphatic rings. The number of hydrogen-bond acceptors (Lipinski definition) is 12. The highest BCUT2D eigenvalue weighted by molar-refractivity contribution is 8.01. The van der Waals surface area contributed by atoms with Crippen LogP contribution in [-0.4, -0.2) is 121 Å². The summed E-state index contributed by atoms with van der Waals surface area (Å²) in [6.07, 6.45) is 1.65. The number of fused-ring (bicyclic) bond motifs is 11. The average molecular weight is 1470 g/mol. The second kappa shape index (κ2) is 46.7. The summed E-state index contributed by atoms with van der Waals surface area (Å²) in [5.41, 5.74) is 13.9. The number of amides is 3. The number of alkyl halides is 2. The van der Waals surface area contributed by atoms with Crippen LogP contribution in [0.25, 0.3) is 44.3 Å². The number of para-hydroxylation sites is 3. The topological polar surface area (TPSA) is 180 Å². The number of H-pyrrole nitrogens is 1. The molecule has 9 aromatic rings. The fraction of sp³-hybridized carbons (Fsp3) is 0.383. The van der Waals surface area contributed by atoms with Gasteiger partial charge in [0.15, 0.2) is 5.78 Å². The lowest BCUT2D eigenvalue weighted by atomic mass is 10.0. The van der Waals surface area contributed by atoms with Gasteiger partial charge in [-0.3, -0.25) is 38.3 Å². The number of Topliss-reactive ketones (excluding diaryl/α,β-unsaturated/α-hetero) is 1. The van der Waals surface area contributed by atoms with Gasteiger partial charge in [0, 0.05) is 116 Å². The van der Waals surface area contributed by atoms with Gasteiger partial charge in [-0.1, -0.05) is 182 Å². The van der Waals surface area contributed by atoms with E-state index in [0.29, 0.717) is 52.0 Å². The zero-order chi connectivity index (χ0) is 74.6. The predicted molar refractivity (Wildman–Crippen MR) is 425 cm³/mol. The van der Waals surface area contributed by atoms with Gasteiger partial charge < -0.3 is 29.7 Å². The molecule has 7 aromatic carbocycles. The van der Waals surface area contributed by atoms with Crippen molar-refractivity contribution in [1.82, 2.24) is 24.3 Å². The Bertz CT molecular complexity index is 4090. The highest BCUT2D eigenvalue weighted by atomic mass is 32.2. The molecule has 0 spiro atoms. The Morgan fingerprint density at radius 1 is 0.549 bits per heavy atom. The van der Waals surface area contributed by atoms with Crippen molar-refractivity contribution in [3.63, 3.8) is 0 Å². The molecule has 4 N–H and O–H groups in total. The number of ketones is 1. The Kier molecular flexibility index (Phi) is 40.5. The van der Waals surface area contributed by atoms with E-state index in [9.17, 15) is 36.4 Å². The summed E-state index contributed by atoms with van der Waals surface area (Å²) in [6.45, 7) is 33.8. The number of carbonyl (C=O) groups excluding carboxylic acids is 4. The Morgan fingerprint density at radius 3 is 1.49 bits per heavy atom. The molecule has 0 saturated heterocycles. The molecule has 3 atom stereocenters. The first-order valence-corrected chi connectivity index (χ1v) is 39.6. The number of thioether (sulfide) groups is 3. The molecule has 21 heteroatoms. The number of aryl methyl sites for hydroxylation is 2.